The minimum absolute atomic E-state index is 0.0156. The number of primary amides is 1. The molecule has 0 aromatic heterocycles. The van der Waals surface area contributed by atoms with E-state index in [1.54, 1.807) is 4.90 Å². The van der Waals surface area contributed by atoms with Crippen molar-refractivity contribution in [3.05, 3.63) is 12.2 Å². The van der Waals surface area contributed by atoms with Gasteiger partial charge in [-0.2, -0.15) is 0 Å². The number of fused-ring (bicyclic) bond motifs is 1. The van der Waals surface area contributed by atoms with E-state index in [-0.39, 0.29) is 29.1 Å². The molecule has 10 heteroatoms. The highest BCUT2D eigenvalue weighted by molar-refractivity contribution is 6.37. The highest BCUT2D eigenvalue weighted by Gasteiger charge is 2.55. The van der Waals surface area contributed by atoms with Gasteiger partial charge in [0.25, 0.3) is 5.91 Å². The Kier molecular flexibility index (Phi) is 8.58. The van der Waals surface area contributed by atoms with E-state index in [4.69, 9.17) is 5.73 Å². The zero-order valence-corrected chi connectivity index (χ0v) is 24.7. The van der Waals surface area contributed by atoms with Gasteiger partial charge in [0.1, 0.15) is 12.1 Å². The highest BCUT2D eigenvalue weighted by Crippen LogP contribution is 2.48. The standard InChI is InChI=1S/C29H47N5O5/c1-27(2,3)22(32-26(39)33-28(4,5)6)25(38)34-15-18-17(12-13-29(18,7)8)20(34)24(37)31-19(21(35)23(30)36)14-16-10-9-11-16/h12-13,16-20,22H,9-11,14-15H2,1-8H3,(H2,30,36)(H,31,37)(H2,32,33,39)/t17-,18?,19?,20-,22+/m0/s1. The first-order valence-electron chi connectivity index (χ1n) is 14.0. The molecule has 0 spiro atoms. The maximum absolute atomic E-state index is 14.1. The van der Waals surface area contributed by atoms with Gasteiger partial charge in [0, 0.05) is 18.0 Å². The van der Waals surface area contributed by atoms with Gasteiger partial charge in [-0.25, -0.2) is 4.79 Å². The smallest absolute Gasteiger partial charge is 0.315 e. The van der Waals surface area contributed by atoms with Gasteiger partial charge in [-0.15, -0.1) is 0 Å². The summed E-state index contributed by atoms with van der Waals surface area (Å²) >= 11 is 0. The number of allylic oxidation sites excluding steroid dienone is 1. The fourth-order valence-electron chi connectivity index (χ4n) is 5.92. The highest BCUT2D eigenvalue weighted by atomic mass is 16.2. The van der Waals surface area contributed by atoms with Crippen molar-refractivity contribution < 1.29 is 24.0 Å². The van der Waals surface area contributed by atoms with Crippen LogP contribution in [0.25, 0.3) is 0 Å². The molecule has 1 saturated heterocycles. The molecule has 3 aliphatic rings. The molecule has 3 rings (SSSR count). The number of ketones is 1. The molecule has 218 valence electrons. The average Bonchev–Trinajstić information content (AvgIpc) is 3.27. The third-order valence-corrected chi connectivity index (χ3v) is 8.36. The SMILES string of the molecule is CC(C)(C)NC(=O)N[C@H](C(=O)N1CC2[C@H](C=CC2(C)C)[C@H]1C(=O)NC(CC1CCC1)C(=O)C(N)=O)C(C)(C)C. The predicted molar refractivity (Wildman–Crippen MR) is 148 cm³/mol. The normalized spacial score (nSPS) is 25.7. The fraction of sp³-hybridized carbons (Fsp3) is 0.759. The summed E-state index contributed by atoms with van der Waals surface area (Å²) in [5.74, 6) is -2.78. The lowest BCUT2D eigenvalue weighted by molar-refractivity contribution is -0.144. The lowest BCUT2D eigenvalue weighted by Gasteiger charge is -2.37. The Bertz CT molecular complexity index is 1030. The number of rotatable bonds is 8. The van der Waals surface area contributed by atoms with E-state index in [2.05, 4.69) is 35.9 Å². The van der Waals surface area contributed by atoms with Crippen molar-refractivity contribution in [1.29, 1.82) is 0 Å². The van der Waals surface area contributed by atoms with Crippen LogP contribution >= 0.6 is 0 Å². The van der Waals surface area contributed by atoms with Gasteiger partial charge < -0.3 is 26.6 Å². The zero-order chi connectivity index (χ0) is 29.5. The Morgan fingerprint density at radius 3 is 2.13 bits per heavy atom. The molecule has 5 atom stereocenters. The van der Waals surface area contributed by atoms with Crippen molar-refractivity contribution in [2.75, 3.05) is 6.54 Å². The molecule has 2 unspecified atom stereocenters. The van der Waals surface area contributed by atoms with Gasteiger partial charge in [-0.3, -0.25) is 19.2 Å². The van der Waals surface area contributed by atoms with Gasteiger partial charge in [-0.05, 0) is 49.9 Å². The van der Waals surface area contributed by atoms with E-state index in [0.717, 1.165) is 19.3 Å². The van der Waals surface area contributed by atoms with Crippen molar-refractivity contribution in [2.24, 2.45) is 34.3 Å². The molecule has 0 radical (unpaired) electrons. The minimum atomic E-state index is -1.08. The molecule has 1 aliphatic heterocycles. The van der Waals surface area contributed by atoms with Crippen LogP contribution in [-0.4, -0.2) is 64.6 Å². The molecule has 1 saturated carbocycles. The van der Waals surface area contributed by atoms with Crippen LogP contribution in [0.3, 0.4) is 0 Å². The Morgan fingerprint density at radius 1 is 1.03 bits per heavy atom. The van der Waals surface area contributed by atoms with Crippen LogP contribution in [0.1, 0.15) is 81.1 Å². The molecule has 0 bridgehead atoms. The Hall–Kier alpha value is -2.91. The Labute approximate surface area is 232 Å². The zero-order valence-electron chi connectivity index (χ0n) is 24.7. The molecule has 39 heavy (non-hydrogen) atoms. The molecule has 2 fully saturated rings. The van der Waals surface area contributed by atoms with E-state index < -0.39 is 52.7 Å². The van der Waals surface area contributed by atoms with Gasteiger partial charge in [0.2, 0.25) is 17.6 Å². The summed E-state index contributed by atoms with van der Waals surface area (Å²) in [6, 6.07) is -3.28. The maximum atomic E-state index is 14.1. The fourth-order valence-corrected chi connectivity index (χ4v) is 5.92. The molecule has 2 aliphatic carbocycles. The minimum Gasteiger partial charge on any atom is -0.363 e. The predicted octanol–water partition coefficient (Wildman–Crippen LogP) is 2.27. The second-order valence-corrected chi connectivity index (χ2v) is 14.3. The second-order valence-electron chi connectivity index (χ2n) is 14.3. The number of amides is 5. The van der Waals surface area contributed by atoms with Crippen LogP contribution < -0.4 is 21.7 Å². The van der Waals surface area contributed by atoms with Crippen molar-refractivity contribution in [1.82, 2.24) is 20.9 Å². The molecule has 5 amide bonds. The van der Waals surface area contributed by atoms with Crippen LogP contribution in [-0.2, 0) is 19.2 Å². The quantitative estimate of drug-likeness (QED) is 0.272. The molecular formula is C29H47N5O5. The first kappa shape index (κ1) is 30.6. The second kappa shape index (κ2) is 10.9. The van der Waals surface area contributed by atoms with Gasteiger partial charge in [0.05, 0.1) is 6.04 Å². The summed E-state index contributed by atoms with van der Waals surface area (Å²) in [7, 11) is 0. The maximum Gasteiger partial charge on any atom is 0.315 e. The largest absolute Gasteiger partial charge is 0.363 e. The van der Waals surface area contributed by atoms with E-state index >= 15 is 0 Å². The molecule has 0 aromatic rings. The summed E-state index contributed by atoms with van der Waals surface area (Å²) in [6.07, 6.45) is 7.32. The number of nitrogens with zero attached hydrogens (tertiary/aromatic N) is 1. The Balaban J connectivity index is 1.91. The first-order valence-corrected chi connectivity index (χ1v) is 14.0. The number of carbonyl (C=O) groups is 5. The summed E-state index contributed by atoms with van der Waals surface area (Å²) in [5.41, 5.74) is 3.92. The number of carbonyl (C=O) groups excluding carboxylic acids is 5. The molecule has 5 N–H and O–H groups in total. The van der Waals surface area contributed by atoms with E-state index in [0.29, 0.717) is 13.0 Å². The Morgan fingerprint density at radius 2 is 1.64 bits per heavy atom. The van der Waals surface area contributed by atoms with E-state index in [1.165, 1.54) is 0 Å². The molecule has 1 heterocycles. The van der Waals surface area contributed by atoms with Gasteiger partial charge >= 0.3 is 6.03 Å². The van der Waals surface area contributed by atoms with E-state index in [9.17, 15) is 24.0 Å². The number of hydrogen-bond donors (Lipinski definition) is 4. The van der Waals surface area contributed by atoms with Crippen molar-refractivity contribution in [3.63, 3.8) is 0 Å². The molecule has 10 nitrogen and oxygen atoms in total. The number of nitrogens with one attached hydrogen (secondary N) is 3. The van der Waals surface area contributed by atoms with Crippen LogP contribution in [0.4, 0.5) is 4.79 Å². The number of hydrogen-bond acceptors (Lipinski definition) is 5. The summed E-state index contributed by atoms with van der Waals surface area (Å²) in [4.78, 5) is 66.8. The summed E-state index contributed by atoms with van der Waals surface area (Å²) in [5, 5.41) is 8.48. The third-order valence-electron chi connectivity index (χ3n) is 8.36. The first-order chi connectivity index (χ1) is 17.8. The summed E-state index contributed by atoms with van der Waals surface area (Å²) < 4.78 is 0. The number of nitrogens with two attached hydrogens (primary N) is 1. The van der Waals surface area contributed by atoms with Crippen LogP contribution in [0.2, 0.25) is 0 Å². The number of likely N-dealkylation sites (tertiary alicyclic amines) is 1. The lowest BCUT2D eigenvalue weighted by Crippen LogP contribution is -2.61. The average molecular weight is 546 g/mol. The lowest BCUT2D eigenvalue weighted by atomic mass is 9.78. The summed E-state index contributed by atoms with van der Waals surface area (Å²) in [6.45, 7) is 15.6. The topological polar surface area (TPSA) is 151 Å². The molecule has 0 aromatic carbocycles. The van der Waals surface area contributed by atoms with Crippen molar-refractivity contribution in [3.8, 4) is 0 Å². The van der Waals surface area contributed by atoms with Crippen LogP contribution in [0.15, 0.2) is 12.2 Å². The third kappa shape index (κ3) is 7.00. The van der Waals surface area contributed by atoms with Crippen LogP contribution in [0.5, 0.6) is 0 Å². The number of Topliss-reactive ketones (excluding diaryl/α,β-unsaturated/α-hetero) is 1. The van der Waals surface area contributed by atoms with Crippen molar-refractivity contribution >= 4 is 29.5 Å². The van der Waals surface area contributed by atoms with E-state index in [1.807, 2.05) is 47.6 Å². The van der Waals surface area contributed by atoms with Gasteiger partial charge in [0.15, 0.2) is 0 Å². The number of urea groups is 1. The van der Waals surface area contributed by atoms with Crippen molar-refractivity contribution in [2.45, 2.75) is 105 Å². The van der Waals surface area contributed by atoms with Gasteiger partial charge in [-0.1, -0.05) is 66.0 Å². The monoisotopic (exact) mass is 545 g/mol. The van der Waals surface area contributed by atoms with Crippen LogP contribution in [0, 0.1) is 28.6 Å². The molecular weight excluding hydrogens is 498 g/mol.